The summed E-state index contributed by atoms with van der Waals surface area (Å²) in [5.41, 5.74) is -5.23. The lowest BCUT2D eigenvalue weighted by atomic mass is 10.1. The number of benzene rings is 2. The molecule has 230 valence electrons. The quantitative estimate of drug-likeness (QED) is 0.125. The predicted molar refractivity (Wildman–Crippen MR) is 144 cm³/mol. The maximum atomic E-state index is 13.0. The van der Waals surface area contributed by atoms with Gasteiger partial charge in [-0.15, -0.1) is 13.2 Å². The van der Waals surface area contributed by atoms with Gasteiger partial charge in [-0.2, -0.15) is 0 Å². The van der Waals surface area contributed by atoms with E-state index in [1.165, 1.54) is 12.2 Å². The lowest BCUT2D eigenvalue weighted by Crippen LogP contribution is -2.53. The fraction of sp³-hybridized carbons (Fsp3) is 0.167. The normalized spacial score (nSPS) is 11.5. The van der Waals surface area contributed by atoms with Gasteiger partial charge in [0.2, 0.25) is 12.2 Å². The minimum Gasteiger partial charge on any atom is -0.444 e. The summed E-state index contributed by atoms with van der Waals surface area (Å²) in [6, 6.07) is 3.39. The molecule has 0 aliphatic carbocycles. The number of nitro benzene ring substituents is 4. The van der Waals surface area contributed by atoms with Crippen molar-refractivity contribution in [3.63, 3.8) is 0 Å². The van der Waals surface area contributed by atoms with Gasteiger partial charge in [-0.05, 0) is 0 Å². The zero-order valence-corrected chi connectivity index (χ0v) is 22.1. The molecule has 20 nitrogen and oxygen atoms in total. The minimum atomic E-state index is -2.40. The van der Waals surface area contributed by atoms with E-state index in [1.807, 2.05) is 0 Å². The molecule has 2 amide bonds. The van der Waals surface area contributed by atoms with E-state index in [0.717, 1.165) is 0 Å². The Morgan fingerprint density at radius 1 is 0.614 bits per heavy atom. The summed E-state index contributed by atoms with van der Waals surface area (Å²) >= 11 is 0. The van der Waals surface area contributed by atoms with Gasteiger partial charge in [-0.3, -0.25) is 50.0 Å². The van der Waals surface area contributed by atoms with Gasteiger partial charge >= 0.3 is 11.9 Å². The van der Waals surface area contributed by atoms with Crippen molar-refractivity contribution in [2.45, 2.75) is 12.2 Å². The Balaban J connectivity index is 2.63. The Morgan fingerprint density at radius 3 is 1.11 bits per heavy atom. The van der Waals surface area contributed by atoms with E-state index in [4.69, 9.17) is 9.47 Å². The van der Waals surface area contributed by atoms with Crippen LogP contribution in [0.2, 0.25) is 0 Å². The molecule has 0 aliphatic rings. The molecule has 0 unspecified atom stereocenters. The molecule has 0 heterocycles. The average Bonchev–Trinajstić information content (AvgIpc) is 2.99. The van der Waals surface area contributed by atoms with E-state index in [2.05, 4.69) is 23.8 Å². The van der Waals surface area contributed by atoms with Crippen molar-refractivity contribution in [3.05, 3.63) is 113 Å². The van der Waals surface area contributed by atoms with Gasteiger partial charge < -0.3 is 20.1 Å². The molecule has 0 bridgehead atoms. The van der Waals surface area contributed by atoms with Crippen molar-refractivity contribution >= 4 is 46.5 Å². The fourth-order valence-electron chi connectivity index (χ4n) is 3.27. The number of hydrogen-bond acceptors (Lipinski definition) is 14. The van der Waals surface area contributed by atoms with Crippen molar-refractivity contribution in [1.29, 1.82) is 0 Å². The Hall–Kier alpha value is -6.60. The molecule has 0 aromatic heterocycles. The molecular weight excluding hydrogens is 596 g/mol. The van der Waals surface area contributed by atoms with Crippen LogP contribution in [0.3, 0.4) is 0 Å². The Labute approximate surface area is 244 Å². The Kier molecular flexibility index (Phi) is 11.4. The molecule has 2 rings (SSSR count). The molecule has 0 saturated carbocycles. The van der Waals surface area contributed by atoms with Crippen molar-refractivity contribution < 1.29 is 48.3 Å². The second-order valence-corrected chi connectivity index (χ2v) is 8.22. The number of hydrogen-bond donors (Lipinski definition) is 2. The van der Waals surface area contributed by atoms with E-state index in [1.54, 1.807) is 0 Å². The maximum Gasteiger partial charge on any atom is 0.339 e. The summed E-state index contributed by atoms with van der Waals surface area (Å²) in [4.78, 5) is 92.8. The summed E-state index contributed by atoms with van der Waals surface area (Å²) in [6.07, 6.45) is -2.46. The molecule has 2 aromatic rings. The molecule has 2 N–H and O–H groups in total. The largest absolute Gasteiger partial charge is 0.444 e. The van der Waals surface area contributed by atoms with Crippen molar-refractivity contribution in [3.8, 4) is 0 Å². The van der Waals surface area contributed by atoms with Crippen LogP contribution in [-0.2, 0) is 19.1 Å². The van der Waals surface area contributed by atoms with Gasteiger partial charge in [0.15, 0.2) is 0 Å². The van der Waals surface area contributed by atoms with Gasteiger partial charge in [-0.25, -0.2) is 9.59 Å². The molecule has 0 aliphatic heterocycles. The van der Waals surface area contributed by atoms with Gasteiger partial charge in [0, 0.05) is 37.4 Å². The molecule has 2 atom stereocenters. The van der Waals surface area contributed by atoms with Gasteiger partial charge in [-0.1, -0.05) is 12.2 Å². The summed E-state index contributed by atoms with van der Waals surface area (Å²) in [5, 5.41) is 49.3. The summed E-state index contributed by atoms with van der Waals surface area (Å²) in [6.45, 7) is 6.16. The van der Waals surface area contributed by atoms with Crippen LogP contribution in [0.5, 0.6) is 0 Å². The number of ether oxygens (including phenoxy) is 2. The maximum absolute atomic E-state index is 13.0. The second-order valence-electron chi connectivity index (χ2n) is 8.22. The summed E-state index contributed by atoms with van der Waals surface area (Å²) in [7, 11) is 0. The van der Waals surface area contributed by atoms with Crippen LogP contribution in [-0.4, -0.2) is 68.7 Å². The van der Waals surface area contributed by atoms with Crippen LogP contribution in [0, 0.1) is 40.5 Å². The highest BCUT2D eigenvalue weighted by Crippen LogP contribution is 2.26. The average molecular weight is 616 g/mol. The van der Waals surface area contributed by atoms with Crippen LogP contribution >= 0.6 is 0 Å². The second kappa shape index (κ2) is 14.9. The smallest absolute Gasteiger partial charge is 0.339 e. The topological polar surface area (TPSA) is 283 Å². The molecular formula is C24H20N6O14. The lowest BCUT2D eigenvalue weighted by molar-refractivity contribution is -0.394. The van der Waals surface area contributed by atoms with E-state index in [9.17, 15) is 59.6 Å². The van der Waals surface area contributed by atoms with Crippen LogP contribution < -0.4 is 10.6 Å². The molecule has 0 fully saturated rings. The third-order valence-electron chi connectivity index (χ3n) is 5.22. The first-order valence-corrected chi connectivity index (χ1v) is 11.8. The van der Waals surface area contributed by atoms with Crippen molar-refractivity contribution in [2.24, 2.45) is 0 Å². The zero-order valence-electron chi connectivity index (χ0n) is 22.1. The Morgan fingerprint density at radius 2 is 0.886 bits per heavy atom. The first kappa shape index (κ1) is 33.6. The summed E-state index contributed by atoms with van der Waals surface area (Å²) < 4.78 is 10.2. The SMILES string of the molecule is C=CCNC(=O)[C@H](OC(=O)c1cc([N+](=O)[O-])cc([N+](=O)[O-])c1)[C@@H](OC(=O)c1cc([N+](=O)[O-])cc([N+](=O)[O-])c1)C(=O)NCC=C. The third kappa shape index (κ3) is 8.70. The van der Waals surface area contributed by atoms with Crippen molar-refractivity contribution in [1.82, 2.24) is 10.6 Å². The van der Waals surface area contributed by atoms with E-state index < -0.39 is 89.5 Å². The Bertz CT molecular complexity index is 1390. The number of amides is 2. The van der Waals surface area contributed by atoms with Crippen LogP contribution in [0.4, 0.5) is 22.7 Å². The molecule has 20 heteroatoms. The van der Waals surface area contributed by atoms with E-state index >= 15 is 0 Å². The molecule has 0 radical (unpaired) electrons. The minimum absolute atomic E-state index is 0.290. The molecule has 0 spiro atoms. The van der Waals surface area contributed by atoms with Crippen LogP contribution in [0.15, 0.2) is 61.7 Å². The van der Waals surface area contributed by atoms with Gasteiger partial charge in [0.1, 0.15) is 0 Å². The van der Waals surface area contributed by atoms with Gasteiger partial charge in [0.05, 0.1) is 43.0 Å². The van der Waals surface area contributed by atoms with Crippen molar-refractivity contribution in [2.75, 3.05) is 13.1 Å². The predicted octanol–water partition coefficient (Wildman–Crippen LogP) is 1.67. The lowest BCUT2D eigenvalue weighted by Gasteiger charge is -2.25. The van der Waals surface area contributed by atoms with Crippen LogP contribution in [0.1, 0.15) is 20.7 Å². The molecule has 44 heavy (non-hydrogen) atoms. The number of nitrogens with one attached hydrogen (secondary N) is 2. The number of carbonyl (C=O) groups is 4. The molecule has 0 saturated heterocycles. The van der Waals surface area contributed by atoms with Gasteiger partial charge in [0.25, 0.3) is 34.6 Å². The highest BCUT2D eigenvalue weighted by molar-refractivity contribution is 5.99. The number of nitrogens with zero attached hydrogens (tertiary/aromatic N) is 4. The summed E-state index contributed by atoms with van der Waals surface area (Å²) in [5.74, 6) is -5.82. The first-order chi connectivity index (χ1) is 20.7. The van der Waals surface area contributed by atoms with E-state index in [-0.39, 0.29) is 13.1 Å². The fourth-order valence-corrected chi connectivity index (χ4v) is 3.27. The monoisotopic (exact) mass is 616 g/mol. The standard InChI is InChI=1S/C24H20N6O14/c1-3-5-25-21(31)19(43-23(33)13-7-15(27(35)36)11-16(8-13)28(37)38)20(22(32)26-6-4-2)44-24(34)14-9-17(29(39)40)12-18(10-14)30(41)42/h3-4,7-12,19-20H,1-2,5-6H2,(H,25,31)(H,26,32)/t19-,20-/m1/s1. The number of rotatable bonds is 15. The van der Waals surface area contributed by atoms with E-state index in [0.29, 0.717) is 36.4 Å². The zero-order chi connectivity index (χ0) is 33.1. The third-order valence-corrected chi connectivity index (χ3v) is 5.22. The highest BCUT2D eigenvalue weighted by atomic mass is 16.6. The highest BCUT2D eigenvalue weighted by Gasteiger charge is 2.41. The van der Waals surface area contributed by atoms with Crippen LogP contribution in [0.25, 0.3) is 0 Å². The number of carbonyl (C=O) groups excluding carboxylic acids is 4. The molecule has 2 aromatic carbocycles. The number of non-ortho nitro benzene ring substituents is 4. The number of esters is 2. The first-order valence-electron chi connectivity index (χ1n) is 11.8. The number of nitro groups is 4.